The van der Waals surface area contributed by atoms with Crippen molar-refractivity contribution in [1.82, 2.24) is 9.78 Å². The molecular formula is C20H26N2O3. The number of aromatic nitrogens is 2. The van der Waals surface area contributed by atoms with E-state index in [0.29, 0.717) is 22.1 Å². The van der Waals surface area contributed by atoms with Gasteiger partial charge in [0, 0.05) is 12.4 Å². The molecule has 1 fully saturated rings. The van der Waals surface area contributed by atoms with Crippen LogP contribution in [0.1, 0.15) is 56.9 Å². The number of hydrogen-bond acceptors (Lipinski definition) is 4. The smallest absolute Gasteiger partial charge is 0.359 e. The Bertz CT molecular complexity index is 840. The van der Waals surface area contributed by atoms with Crippen molar-refractivity contribution in [2.24, 2.45) is 18.4 Å². The fourth-order valence-corrected chi connectivity index (χ4v) is 3.70. The first-order chi connectivity index (χ1) is 11.8. The Labute approximate surface area is 148 Å². The molecule has 0 amide bonds. The monoisotopic (exact) mass is 342 g/mol. The minimum Gasteiger partial charge on any atom is -0.458 e. The molecule has 0 radical (unpaired) electrons. The molecule has 5 heteroatoms. The van der Waals surface area contributed by atoms with Gasteiger partial charge in [-0.15, -0.1) is 0 Å². The first kappa shape index (κ1) is 17.6. The van der Waals surface area contributed by atoms with Gasteiger partial charge in [0.25, 0.3) is 5.56 Å². The average molecular weight is 342 g/mol. The third-order valence-electron chi connectivity index (χ3n) is 5.32. The largest absolute Gasteiger partial charge is 0.458 e. The number of carbonyl (C=O) groups is 1. The Morgan fingerprint density at radius 2 is 1.72 bits per heavy atom. The molecule has 1 aromatic carbocycles. The molecule has 0 aliphatic heterocycles. The first-order valence-corrected chi connectivity index (χ1v) is 8.94. The maximum atomic E-state index is 12.7. The van der Waals surface area contributed by atoms with E-state index < -0.39 is 5.97 Å². The minimum absolute atomic E-state index is 0.0658. The lowest BCUT2D eigenvalue weighted by Gasteiger charge is -2.36. The van der Waals surface area contributed by atoms with Gasteiger partial charge in [0.15, 0.2) is 5.69 Å². The van der Waals surface area contributed by atoms with Crippen LogP contribution in [0, 0.1) is 11.3 Å². The van der Waals surface area contributed by atoms with Crippen LogP contribution in [0.3, 0.4) is 0 Å². The summed E-state index contributed by atoms with van der Waals surface area (Å²) in [5, 5.41) is 5.19. The molecule has 0 saturated heterocycles. The molecule has 0 spiro atoms. The van der Waals surface area contributed by atoms with E-state index in [-0.39, 0.29) is 17.4 Å². The molecule has 1 aliphatic carbocycles. The van der Waals surface area contributed by atoms with Gasteiger partial charge in [-0.3, -0.25) is 4.79 Å². The van der Waals surface area contributed by atoms with Gasteiger partial charge < -0.3 is 4.74 Å². The lowest BCUT2D eigenvalue weighted by Crippen LogP contribution is -2.31. The highest BCUT2D eigenvalue weighted by atomic mass is 16.5. The summed E-state index contributed by atoms with van der Waals surface area (Å²) >= 11 is 0. The summed E-state index contributed by atoms with van der Waals surface area (Å²) in [6.45, 7) is 6.81. The fraction of sp³-hybridized carbons (Fsp3) is 0.550. The molecule has 0 unspecified atom stereocenters. The number of rotatable bonds is 2. The van der Waals surface area contributed by atoms with Crippen LogP contribution in [0.5, 0.6) is 0 Å². The molecule has 1 aromatic heterocycles. The van der Waals surface area contributed by atoms with Crippen LogP contribution in [-0.2, 0) is 11.8 Å². The van der Waals surface area contributed by atoms with Gasteiger partial charge >= 0.3 is 5.97 Å². The van der Waals surface area contributed by atoms with Crippen LogP contribution in [0.15, 0.2) is 29.1 Å². The van der Waals surface area contributed by atoms with E-state index in [4.69, 9.17) is 4.74 Å². The summed E-state index contributed by atoms with van der Waals surface area (Å²) in [6, 6.07) is 7.04. The van der Waals surface area contributed by atoms with Crippen LogP contribution in [0.2, 0.25) is 0 Å². The topological polar surface area (TPSA) is 61.2 Å². The van der Waals surface area contributed by atoms with E-state index in [0.717, 1.165) is 25.7 Å². The van der Waals surface area contributed by atoms with Gasteiger partial charge in [-0.2, -0.15) is 5.10 Å². The number of fused-ring (bicyclic) bond motifs is 1. The molecule has 5 nitrogen and oxygen atoms in total. The third-order valence-corrected chi connectivity index (χ3v) is 5.32. The van der Waals surface area contributed by atoms with Gasteiger partial charge in [0.2, 0.25) is 0 Å². The van der Waals surface area contributed by atoms with E-state index in [2.05, 4.69) is 25.9 Å². The number of esters is 1. The highest BCUT2D eigenvalue weighted by Gasteiger charge is 2.31. The molecule has 1 aliphatic rings. The Balaban J connectivity index is 1.78. The number of nitrogens with zero attached hydrogens (tertiary/aromatic N) is 2. The summed E-state index contributed by atoms with van der Waals surface area (Å²) in [5.41, 5.74) is 0.304. The van der Waals surface area contributed by atoms with E-state index in [1.165, 1.54) is 4.68 Å². The summed E-state index contributed by atoms with van der Waals surface area (Å²) < 4.78 is 6.93. The van der Waals surface area contributed by atoms with Crippen LogP contribution < -0.4 is 5.56 Å². The quantitative estimate of drug-likeness (QED) is 0.781. The fourth-order valence-electron chi connectivity index (χ4n) is 3.70. The minimum atomic E-state index is -0.439. The van der Waals surface area contributed by atoms with Crippen molar-refractivity contribution in [3.8, 4) is 0 Å². The predicted molar refractivity (Wildman–Crippen MR) is 97.6 cm³/mol. The van der Waals surface area contributed by atoms with E-state index in [9.17, 15) is 9.59 Å². The van der Waals surface area contributed by atoms with E-state index in [1.54, 1.807) is 31.3 Å². The van der Waals surface area contributed by atoms with Crippen LogP contribution in [-0.4, -0.2) is 21.9 Å². The van der Waals surface area contributed by atoms with Gasteiger partial charge in [-0.1, -0.05) is 39.0 Å². The zero-order valence-electron chi connectivity index (χ0n) is 15.4. The predicted octanol–water partition coefficient (Wildman–Crippen LogP) is 3.70. The SMILES string of the molecule is Cn1nc(C(=O)OC2CCC(C(C)(C)C)CC2)c2ccccc2c1=O. The number of aryl methyl sites for hydroxylation is 1. The van der Waals surface area contributed by atoms with Crippen molar-refractivity contribution in [3.63, 3.8) is 0 Å². The molecule has 0 atom stereocenters. The molecule has 25 heavy (non-hydrogen) atoms. The van der Waals surface area contributed by atoms with Gasteiger partial charge in [0.1, 0.15) is 6.10 Å². The standard InChI is InChI=1S/C20H26N2O3/c1-20(2,3)13-9-11-14(12-10-13)25-19(24)17-15-7-5-6-8-16(15)18(23)22(4)21-17/h5-8,13-14H,9-12H2,1-4H3. The van der Waals surface area contributed by atoms with E-state index in [1.807, 2.05) is 0 Å². The second-order valence-electron chi connectivity index (χ2n) is 8.07. The molecule has 0 bridgehead atoms. The highest BCUT2D eigenvalue weighted by Crippen LogP contribution is 2.38. The molecule has 1 saturated carbocycles. The first-order valence-electron chi connectivity index (χ1n) is 8.94. The van der Waals surface area contributed by atoms with Crippen molar-refractivity contribution in [1.29, 1.82) is 0 Å². The van der Waals surface area contributed by atoms with Crippen molar-refractivity contribution in [2.75, 3.05) is 0 Å². The average Bonchev–Trinajstić information content (AvgIpc) is 2.57. The highest BCUT2D eigenvalue weighted by molar-refractivity contribution is 6.02. The molecule has 3 rings (SSSR count). The summed E-state index contributed by atoms with van der Waals surface area (Å²) in [4.78, 5) is 24.8. The molecule has 0 N–H and O–H groups in total. The molecule has 2 aromatic rings. The zero-order chi connectivity index (χ0) is 18.2. The van der Waals surface area contributed by atoms with Crippen LogP contribution in [0.25, 0.3) is 10.8 Å². The van der Waals surface area contributed by atoms with Crippen molar-refractivity contribution in [3.05, 3.63) is 40.3 Å². The third kappa shape index (κ3) is 3.60. The maximum absolute atomic E-state index is 12.7. The number of hydrogen-bond donors (Lipinski definition) is 0. The van der Waals surface area contributed by atoms with Crippen LogP contribution in [0.4, 0.5) is 0 Å². The molecule has 134 valence electrons. The van der Waals surface area contributed by atoms with Crippen molar-refractivity contribution >= 4 is 16.7 Å². The van der Waals surface area contributed by atoms with Gasteiger partial charge in [-0.05, 0) is 43.1 Å². The lowest BCUT2D eigenvalue weighted by atomic mass is 9.72. The van der Waals surface area contributed by atoms with Crippen molar-refractivity contribution in [2.45, 2.75) is 52.6 Å². The summed E-state index contributed by atoms with van der Waals surface area (Å²) in [6.07, 6.45) is 3.85. The Kier molecular flexibility index (Phi) is 4.67. The zero-order valence-corrected chi connectivity index (χ0v) is 15.4. The van der Waals surface area contributed by atoms with Gasteiger partial charge in [-0.25, -0.2) is 9.48 Å². The normalized spacial score (nSPS) is 21.3. The number of ether oxygens (including phenoxy) is 1. The Morgan fingerprint density at radius 1 is 1.12 bits per heavy atom. The van der Waals surface area contributed by atoms with E-state index >= 15 is 0 Å². The summed E-state index contributed by atoms with van der Waals surface area (Å²) in [5.74, 6) is 0.227. The molecule has 1 heterocycles. The number of benzene rings is 1. The Hall–Kier alpha value is -2.17. The second-order valence-corrected chi connectivity index (χ2v) is 8.07. The summed E-state index contributed by atoms with van der Waals surface area (Å²) in [7, 11) is 1.56. The number of carbonyl (C=O) groups excluding carboxylic acids is 1. The van der Waals surface area contributed by atoms with Gasteiger partial charge in [0.05, 0.1) is 5.39 Å². The van der Waals surface area contributed by atoms with Crippen LogP contribution >= 0.6 is 0 Å². The Morgan fingerprint density at radius 3 is 2.32 bits per heavy atom. The lowest BCUT2D eigenvalue weighted by molar-refractivity contribution is 0.00871. The maximum Gasteiger partial charge on any atom is 0.359 e. The second kappa shape index (κ2) is 6.62. The van der Waals surface area contributed by atoms with Crippen molar-refractivity contribution < 1.29 is 9.53 Å². The molecular weight excluding hydrogens is 316 g/mol.